The number of nitrogens with two attached hydrogens (primary N) is 1. The lowest BCUT2D eigenvalue weighted by atomic mass is 10.2. The van der Waals surface area contributed by atoms with E-state index in [1.165, 1.54) is 30.0 Å². The van der Waals surface area contributed by atoms with Crippen LogP contribution in [0.5, 0.6) is 0 Å². The number of rotatable bonds is 7. The quantitative estimate of drug-likeness (QED) is 0.399. The molecule has 7 nitrogen and oxygen atoms in total. The lowest BCUT2D eigenvalue weighted by Crippen LogP contribution is -2.23. The van der Waals surface area contributed by atoms with Crippen LogP contribution in [0.2, 0.25) is 0 Å². The van der Waals surface area contributed by atoms with Gasteiger partial charge in [0.2, 0.25) is 0 Å². The van der Waals surface area contributed by atoms with E-state index in [-0.39, 0.29) is 17.1 Å². The van der Waals surface area contributed by atoms with Gasteiger partial charge < -0.3 is 15.8 Å². The first-order chi connectivity index (χ1) is 11.5. The summed E-state index contributed by atoms with van der Waals surface area (Å²) in [6, 6.07) is 5.43. The number of nitrogens with zero attached hydrogens (tertiary/aromatic N) is 1. The first-order valence-electron chi connectivity index (χ1n) is 7.19. The van der Waals surface area contributed by atoms with Crippen LogP contribution < -0.4 is 16.6 Å². The zero-order chi connectivity index (χ0) is 17.5. The van der Waals surface area contributed by atoms with Crippen LogP contribution in [0.3, 0.4) is 0 Å². The summed E-state index contributed by atoms with van der Waals surface area (Å²) in [5, 5.41) is 2.62. The van der Waals surface area contributed by atoms with Crippen LogP contribution >= 0.6 is 11.8 Å². The topological polar surface area (TPSA) is 110 Å². The van der Waals surface area contributed by atoms with Gasteiger partial charge >= 0.3 is 0 Å². The first kappa shape index (κ1) is 18.0. The van der Waals surface area contributed by atoms with Crippen LogP contribution in [-0.2, 0) is 4.74 Å². The second kappa shape index (κ2) is 8.46. The first-order valence-corrected chi connectivity index (χ1v) is 8.17. The summed E-state index contributed by atoms with van der Waals surface area (Å²) >= 11 is 1.27. The SMILES string of the molecule is CCOCCSc1nc(N)c(NC(=O)c2ccccc2F)c(=O)[nH]1. The van der Waals surface area contributed by atoms with E-state index in [1.54, 1.807) is 0 Å². The largest absolute Gasteiger partial charge is 0.382 e. The number of anilines is 2. The van der Waals surface area contributed by atoms with Crippen molar-refractivity contribution in [1.82, 2.24) is 9.97 Å². The molecule has 9 heteroatoms. The third kappa shape index (κ3) is 4.56. The van der Waals surface area contributed by atoms with Crippen molar-refractivity contribution in [2.24, 2.45) is 0 Å². The molecule has 0 bridgehead atoms. The van der Waals surface area contributed by atoms with E-state index in [9.17, 15) is 14.0 Å². The Balaban J connectivity index is 2.12. The number of thioether (sulfide) groups is 1. The minimum atomic E-state index is -0.774. The number of carbonyl (C=O) groups excluding carboxylic acids is 1. The second-order valence-electron chi connectivity index (χ2n) is 4.61. The van der Waals surface area contributed by atoms with Gasteiger partial charge in [0.25, 0.3) is 11.5 Å². The Morgan fingerprint density at radius 3 is 2.88 bits per heavy atom. The second-order valence-corrected chi connectivity index (χ2v) is 5.69. The van der Waals surface area contributed by atoms with E-state index >= 15 is 0 Å². The van der Waals surface area contributed by atoms with Crippen molar-refractivity contribution in [3.05, 3.63) is 46.0 Å². The normalized spacial score (nSPS) is 10.6. The molecule has 24 heavy (non-hydrogen) atoms. The average Bonchev–Trinajstić information content (AvgIpc) is 2.55. The molecule has 2 aromatic rings. The van der Waals surface area contributed by atoms with Crippen molar-refractivity contribution < 1.29 is 13.9 Å². The molecule has 0 radical (unpaired) electrons. The third-order valence-electron chi connectivity index (χ3n) is 2.95. The lowest BCUT2D eigenvalue weighted by Gasteiger charge is -2.09. The number of hydrogen-bond donors (Lipinski definition) is 3. The fourth-order valence-electron chi connectivity index (χ4n) is 1.83. The fraction of sp³-hybridized carbons (Fsp3) is 0.267. The molecule has 1 aromatic carbocycles. The van der Waals surface area contributed by atoms with Gasteiger partial charge in [-0.05, 0) is 19.1 Å². The predicted octanol–water partition coefficient (Wildman–Crippen LogP) is 1.87. The van der Waals surface area contributed by atoms with E-state index in [4.69, 9.17) is 10.5 Å². The summed E-state index contributed by atoms with van der Waals surface area (Å²) in [7, 11) is 0. The van der Waals surface area contributed by atoms with Gasteiger partial charge in [0.05, 0.1) is 12.2 Å². The van der Waals surface area contributed by atoms with E-state index in [0.717, 1.165) is 6.07 Å². The Morgan fingerprint density at radius 1 is 1.46 bits per heavy atom. The predicted molar refractivity (Wildman–Crippen MR) is 90.8 cm³/mol. The lowest BCUT2D eigenvalue weighted by molar-refractivity contribution is 0.102. The molecule has 1 heterocycles. The molecule has 0 saturated carbocycles. The Bertz CT molecular complexity index is 782. The molecule has 4 N–H and O–H groups in total. The van der Waals surface area contributed by atoms with Crippen molar-refractivity contribution in [2.75, 3.05) is 30.0 Å². The maximum absolute atomic E-state index is 13.6. The highest BCUT2D eigenvalue weighted by molar-refractivity contribution is 7.99. The Hall–Kier alpha value is -2.39. The molecule has 0 unspecified atom stereocenters. The number of benzene rings is 1. The van der Waals surface area contributed by atoms with E-state index < -0.39 is 17.3 Å². The maximum atomic E-state index is 13.6. The van der Waals surface area contributed by atoms with Gasteiger partial charge in [-0.15, -0.1) is 0 Å². The monoisotopic (exact) mass is 352 g/mol. The Labute approximate surface area is 141 Å². The molecule has 0 aliphatic rings. The van der Waals surface area contributed by atoms with Crippen LogP contribution in [-0.4, -0.2) is 34.8 Å². The van der Waals surface area contributed by atoms with Crippen LogP contribution in [0.1, 0.15) is 17.3 Å². The van der Waals surface area contributed by atoms with Crippen molar-refractivity contribution in [2.45, 2.75) is 12.1 Å². The highest BCUT2D eigenvalue weighted by Crippen LogP contribution is 2.17. The van der Waals surface area contributed by atoms with Crippen molar-refractivity contribution in [3.63, 3.8) is 0 Å². The van der Waals surface area contributed by atoms with E-state index in [2.05, 4.69) is 15.3 Å². The summed E-state index contributed by atoms with van der Waals surface area (Å²) in [5.41, 5.74) is 4.73. The van der Waals surface area contributed by atoms with Crippen LogP contribution in [0.4, 0.5) is 15.9 Å². The molecule has 128 valence electrons. The molecule has 0 spiro atoms. The highest BCUT2D eigenvalue weighted by atomic mass is 32.2. The van der Waals surface area contributed by atoms with Crippen LogP contribution in [0.15, 0.2) is 34.2 Å². The number of hydrogen-bond acceptors (Lipinski definition) is 6. The van der Waals surface area contributed by atoms with Gasteiger partial charge in [0.1, 0.15) is 11.5 Å². The molecule has 1 amide bonds. The minimum absolute atomic E-state index is 0.137. The molecular weight excluding hydrogens is 335 g/mol. The zero-order valence-corrected chi connectivity index (χ0v) is 13.8. The molecule has 0 aliphatic heterocycles. The number of amides is 1. The van der Waals surface area contributed by atoms with Gasteiger partial charge in [-0.3, -0.25) is 14.6 Å². The van der Waals surface area contributed by atoms with Crippen LogP contribution in [0, 0.1) is 5.82 Å². The third-order valence-corrected chi connectivity index (χ3v) is 3.79. The molecule has 0 atom stereocenters. The molecule has 0 aliphatic carbocycles. The molecule has 1 aromatic heterocycles. The standard InChI is InChI=1S/C15H17FN4O3S/c1-2-23-7-8-24-15-19-12(17)11(14(22)20-15)18-13(21)9-5-3-4-6-10(9)16/h3-6H,2,7-8H2,1H3,(H,18,21)(H3,17,19,20,22). The van der Waals surface area contributed by atoms with E-state index in [0.29, 0.717) is 24.1 Å². The van der Waals surface area contributed by atoms with Gasteiger partial charge in [0, 0.05) is 12.4 Å². The van der Waals surface area contributed by atoms with E-state index in [1.807, 2.05) is 6.92 Å². The number of aromatic nitrogens is 2. The van der Waals surface area contributed by atoms with Gasteiger partial charge in [0.15, 0.2) is 11.0 Å². The van der Waals surface area contributed by atoms with Crippen molar-refractivity contribution in [1.29, 1.82) is 0 Å². The number of H-pyrrole nitrogens is 1. The number of halogens is 1. The number of carbonyl (C=O) groups is 1. The van der Waals surface area contributed by atoms with Crippen LogP contribution in [0.25, 0.3) is 0 Å². The van der Waals surface area contributed by atoms with Gasteiger partial charge in [-0.2, -0.15) is 0 Å². The smallest absolute Gasteiger partial charge is 0.277 e. The van der Waals surface area contributed by atoms with Crippen molar-refractivity contribution >= 4 is 29.2 Å². The maximum Gasteiger partial charge on any atom is 0.277 e. The summed E-state index contributed by atoms with van der Waals surface area (Å²) in [6.07, 6.45) is 0. The average molecular weight is 352 g/mol. The number of ether oxygens (including phenoxy) is 1. The summed E-state index contributed by atoms with van der Waals surface area (Å²) in [5.74, 6) is -1.01. The minimum Gasteiger partial charge on any atom is -0.382 e. The number of aromatic amines is 1. The molecule has 0 saturated heterocycles. The zero-order valence-electron chi connectivity index (χ0n) is 13.0. The molecular formula is C15H17FN4O3S. The Kier molecular flexibility index (Phi) is 6.33. The summed E-state index contributed by atoms with van der Waals surface area (Å²) in [6.45, 7) is 3.00. The Morgan fingerprint density at radius 2 is 2.21 bits per heavy atom. The van der Waals surface area contributed by atoms with Gasteiger partial charge in [-0.1, -0.05) is 23.9 Å². The van der Waals surface area contributed by atoms with Gasteiger partial charge in [-0.25, -0.2) is 9.37 Å². The number of nitrogens with one attached hydrogen (secondary N) is 2. The molecule has 0 fully saturated rings. The number of nitrogen functional groups attached to an aromatic ring is 1. The summed E-state index contributed by atoms with van der Waals surface area (Å²) < 4.78 is 18.8. The van der Waals surface area contributed by atoms with Crippen molar-refractivity contribution in [3.8, 4) is 0 Å². The summed E-state index contributed by atoms with van der Waals surface area (Å²) in [4.78, 5) is 30.7. The highest BCUT2D eigenvalue weighted by Gasteiger charge is 2.16. The molecule has 2 rings (SSSR count). The fourth-order valence-corrected chi connectivity index (χ4v) is 2.55.